The van der Waals surface area contributed by atoms with Gasteiger partial charge in [0, 0.05) is 0 Å². The summed E-state index contributed by atoms with van der Waals surface area (Å²) in [6, 6.07) is 0. The van der Waals surface area contributed by atoms with Gasteiger partial charge in [-0.15, -0.1) is 0 Å². The molecule has 1 atom stereocenters. The van der Waals surface area contributed by atoms with E-state index in [0.717, 1.165) is 18.4 Å². The van der Waals surface area contributed by atoms with E-state index in [1.807, 2.05) is 0 Å². The van der Waals surface area contributed by atoms with E-state index in [2.05, 4.69) is 39.9 Å². The van der Waals surface area contributed by atoms with Crippen LogP contribution in [-0.2, 0) is 0 Å². The topological polar surface area (TPSA) is 38.0 Å². The van der Waals surface area contributed by atoms with Crippen LogP contribution in [0.4, 0.5) is 0 Å². The Morgan fingerprint density at radius 3 is 2.16 bits per heavy atom. The normalized spacial score (nSPS) is 22.4. The van der Waals surface area contributed by atoms with E-state index in [-0.39, 0.29) is 0 Å². The lowest BCUT2D eigenvalue weighted by molar-refractivity contribution is 0.400. The lowest BCUT2D eigenvalue weighted by atomic mass is 9.94. The molecule has 0 saturated heterocycles. The first-order chi connectivity index (χ1) is 8.87. The molecule has 1 unspecified atom stereocenters. The summed E-state index contributed by atoms with van der Waals surface area (Å²) in [6.07, 6.45) is 6.49. The van der Waals surface area contributed by atoms with Gasteiger partial charge >= 0.3 is 0 Å². The summed E-state index contributed by atoms with van der Waals surface area (Å²) in [6.45, 7) is 15.1. The molecule has 0 amide bonds. The zero-order valence-electron chi connectivity index (χ0n) is 13.9. The summed E-state index contributed by atoms with van der Waals surface area (Å²) in [7, 11) is 0. The molecule has 2 nitrogen and oxygen atoms in total. The molecule has 1 saturated carbocycles. The maximum absolute atomic E-state index is 5.68. The number of hydrogen-bond donors (Lipinski definition) is 2. The van der Waals surface area contributed by atoms with Crippen LogP contribution < -0.4 is 11.1 Å². The van der Waals surface area contributed by atoms with Gasteiger partial charge in [-0.3, -0.25) is 0 Å². The van der Waals surface area contributed by atoms with Crippen molar-refractivity contribution in [3.8, 4) is 0 Å². The van der Waals surface area contributed by atoms with Gasteiger partial charge in [0.1, 0.15) is 0 Å². The Labute approximate surface area is 120 Å². The smallest absolute Gasteiger partial charge is 0.000989 e. The highest BCUT2D eigenvalue weighted by Crippen LogP contribution is 2.67. The van der Waals surface area contributed by atoms with Crippen LogP contribution in [0.2, 0.25) is 0 Å². The fourth-order valence-corrected chi connectivity index (χ4v) is 3.68. The Hall–Kier alpha value is -0.0800. The summed E-state index contributed by atoms with van der Waals surface area (Å²) < 4.78 is 0. The Balaban J connectivity index is 2.08. The van der Waals surface area contributed by atoms with Crippen LogP contribution in [0.3, 0.4) is 0 Å². The maximum Gasteiger partial charge on any atom is -0.000989 e. The van der Waals surface area contributed by atoms with Crippen molar-refractivity contribution < 1.29 is 0 Å². The van der Waals surface area contributed by atoms with Crippen molar-refractivity contribution in [1.82, 2.24) is 5.32 Å². The third-order valence-electron chi connectivity index (χ3n) is 5.91. The van der Waals surface area contributed by atoms with Crippen LogP contribution >= 0.6 is 0 Å². The maximum atomic E-state index is 5.68. The second-order valence-electron chi connectivity index (χ2n) is 7.57. The highest BCUT2D eigenvalue weighted by molar-refractivity contribution is 5.12. The molecule has 2 heteroatoms. The molecule has 0 aromatic rings. The molecule has 0 aromatic heterocycles. The Kier molecular flexibility index (Phi) is 6.32. The van der Waals surface area contributed by atoms with Crippen molar-refractivity contribution in [2.75, 3.05) is 19.6 Å². The number of hydrogen-bond acceptors (Lipinski definition) is 2. The first-order valence-electron chi connectivity index (χ1n) is 8.28. The molecular weight excluding hydrogens is 232 g/mol. The quantitative estimate of drug-likeness (QED) is 0.591. The number of rotatable bonds is 10. The molecule has 0 spiro atoms. The summed E-state index contributed by atoms with van der Waals surface area (Å²) in [5.41, 5.74) is 6.72. The molecule has 1 fully saturated rings. The molecule has 0 heterocycles. The van der Waals surface area contributed by atoms with Gasteiger partial charge < -0.3 is 11.1 Å². The lowest BCUT2D eigenvalue weighted by Crippen LogP contribution is -2.21. The fraction of sp³-hybridized carbons (Fsp3) is 1.00. The lowest BCUT2D eigenvalue weighted by Gasteiger charge is -2.15. The zero-order chi connectivity index (χ0) is 14.5. The van der Waals surface area contributed by atoms with E-state index in [4.69, 9.17) is 5.73 Å². The van der Waals surface area contributed by atoms with Gasteiger partial charge in [0.2, 0.25) is 0 Å². The van der Waals surface area contributed by atoms with Gasteiger partial charge in [0.25, 0.3) is 0 Å². The highest BCUT2D eigenvalue weighted by atomic mass is 14.9. The van der Waals surface area contributed by atoms with E-state index in [0.29, 0.717) is 10.8 Å². The van der Waals surface area contributed by atoms with Crippen LogP contribution in [0, 0.1) is 22.7 Å². The first kappa shape index (κ1) is 17.0. The minimum Gasteiger partial charge on any atom is -0.330 e. The molecule has 0 radical (unpaired) electrons. The molecule has 0 aliphatic heterocycles. The third kappa shape index (κ3) is 4.19. The van der Waals surface area contributed by atoms with E-state index in [1.165, 1.54) is 45.2 Å². The summed E-state index contributed by atoms with van der Waals surface area (Å²) in [4.78, 5) is 0. The predicted molar refractivity (Wildman–Crippen MR) is 85.2 cm³/mol. The summed E-state index contributed by atoms with van der Waals surface area (Å²) >= 11 is 0. The molecule has 0 aromatic carbocycles. The van der Waals surface area contributed by atoms with Crippen molar-refractivity contribution in [3.05, 3.63) is 0 Å². The summed E-state index contributed by atoms with van der Waals surface area (Å²) in [5.74, 6) is 1.70. The van der Waals surface area contributed by atoms with Crippen LogP contribution in [0.5, 0.6) is 0 Å². The first-order valence-corrected chi connectivity index (χ1v) is 8.28. The monoisotopic (exact) mass is 268 g/mol. The van der Waals surface area contributed by atoms with E-state index < -0.39 is 0 Å². The van der Waals surface area contributed by atoms with Crippen molar-refractivity contribution in [2.45, 2.75) is 66.7 Å². The molecule has 1 rings (SSSR count). The van der Waals surface area contributed by atoms with E-state index in [1.54, 1.807) is 0 Å². The average Bonchev–Trinajstić information content (AvgIpc) is 2.71. The van der Waals surface area contributed by atoms with Gasteiger partial charge in [-0.1, -0.05) is 47.5 Å². The van der Waals surface area contributed by atoms with Crippen LogP contribution in [0.15, 0.2) is 0 Å². The fourth-order valence-electron chi connectivity index (χ4n) is 3.68. The molecule has 19 heavy (non-hydrogen) atoms. The second kappa shape index (κ2) is 7.08. The van der Waals surface area contributed by atoms with Crippen molar-refractivity contribution in [1.29, 1.82) is 0 Å². The average molecular weight is 268 g/mol. The molecular formula is C17H36N2. The van der Waals surface area contributed by atoms with Gasteiger partial charge in [-0.2, -0.15) is 0 Å². The standard InChI is InChI=1S/C17H36N2/c1-6-8-14(10-11-18)9-7-12-19-13-15-16(2,3)17(15,4)5/h14-15,19H,6-13,18H2,1-5H3. The predicted octanol–water partition coefficient (Wildman–Crippen LogP) is 3.80. The number of nitrogens with one attached hydrogen (secondary N) is 1. The molecule has 0 bridgehead atoms. The van der Waals surface area contributed by atoms with Gasteiger partial charge in [0.05, 0.1) is 0 Å². The Bertz CT molecular complexity index is 238. The van der Waals surface area contributed by atoms with Crippen molar-refractivity contribution >= 4 is 0 Å². The molecule has 3 N–H and O–H groups in total. The molecule has 114 valence electrons. The highest BCUT2D eigenvalue weighted by Gasteiger charge is 2.63. The minimum atomic E-state index is 0.518. The SMILES string of the molecule is CCCC(CCN)CCCNCC1C(C)(C)C1(C)C. The largest absolute Gasteiger partial charge is 0.330 e. The van der Waals surface area contributed by atoms with Gasteiger partial charge in [-0.05, 0) is 61.6 Å². The van der Waals surface area contributed by atoms with Crippen LogP contribution in [-0.4, -0.2) is 19.6 Å². The zero-order valence-corrected chi connectivity index (χ0v) is 13.9. The minimum absolute atomic E-state index is 0.518. The van der Waals surface area contributed by atoms with Gasteiger partial charge in [-0.25, -0.2) is 0 Å². The number of nitrogens with two attached hydrogens (primary N) is 1. The molecule has 1 aliphatic rings. The van der Waals surface area contributed by atoms with Gasteiger partial charge in [0.15, 0.2) is 0 Å². The van der Waals surface area contributed by atoms with Crippen LogP contribution in [0.1, 0.15) is 66.7 Å². The Morgan fingerprint density at radius 2 is 1.68 bits per heavy atom. The van der Waals surface area contributed by atoms with Crippen LogP contribution in [0.25, 0.3) is 0 Å². The van der Waals surface area contributed by atoms with Crippen molar-refractivity contribution in [2.24, 2.45) is 28.4 Å². The third-order valence-corrected chi connectivity index (χ3v) is 5.91. The van der Waals surface area contributed by atoms with Crippen molar-refractivity contribution in [3.63, 3.8) is 0 Å². The Morgan fingerprint density at radius 1 is 1.05 bits per heavy atom. The summed E-state index contributed by atoms with van der Waals surface area (Å²) in [5, 5.41) is 3.67. The van der Waals surface area contributed by atoms with E-state index in [9.17, 15) is 0 Å². The second-order valence-corrected chi connectivity index (χ2v) is 7.57. The molecule has 1 aliphatic carbocycles. The van der Waals surface area contributed by atoms with E-state index >= 15 is 0 Å².